The second-order valence-corrected chi connectivity index (χ2v) is 10.4. The van der Waals surface area contributed by atoms with E-state index >= 15 is 0 Å². The molecule has 0 spiro atoms. The molecule has 0 atom stereocenters. The van der Waals surface area contributed by atoms with Crippen molar-refractivity contribution in [2.45, 2.75) is 44.9 Å². The molecule has 0 aromatic heterocycles. The Kier molecular flexibility index (Phi) is 5.37. The first-order chi connectivity index (χ1) is 12.6. The van der Waals surface area contributed by atoms with E-state index in [1.165, 1.54) is 16.8 Å². The number of piperazine rings is 1. The molecule has 0 radical (unpaired) electrons. The van der Waals surface area contributed by atoms with Gasteiger partial charge in [-0.05, 0) is 60.2 Å². The van der Waals surface area contributed by atoms with Crippen LogP contribution >= 0.6 is 0 Å². The van der Waals surface area contributed by atoms with Crippen LogP contribution in [-0.2, 0) is 15.4 Å². The van der Waals surface area contributed by atoms with Gasteiger partial charge in [0.05, 0.1) is 4.90 Å². The van der Waals surface area contributed by atoms with Gasteiger partial charge in [-0.15, -0.1) is 0 Å². The minimum Gasteiger partial charge on any atom is -0.369 e. The van der Waals surface area contributed by atoms with Crippen LogP contribution in [0.25, 0.3) is 0 Å². The fourth-order valence-electron chi connectivity index (χ4n) is 3.38. The molecule has 0 aliphatic carbocycles. The zero-order valence-electron chi connectivity index (χ0n) is 17.0. The Morgan fingerprint density at radius 3 is 1.93 bits per heavy atom. The van der Waals surface area contributed by atoms with Crippen LogP contribution < -0.4 is 4.90 Å². The Hall–Kier alpha value is -1.85. The van der Waals surface area contributed by atoms with Crippen LogP contribution in [0.5, 0.6) is 0 Å². The van der Waals surface area contributed by atoms with Gasteiger partial charge in [-0.2, -0.15) is 4.31 Å². The largest absolute Gasteiger partial charge is 0.369 e. The second-order valence-electron chi connectivity index (χ2n) is 8.43. The highest BCUT2D eigenvalue weighted by molar-refractivity contribution is 7.89. The van der Waals surface area contributed by atoms with Crippen molar-refractivity contribution in [2.75, 3.05) is 31.1 Å². The lowest BCUT2D eigenvalue weighted by atomic mass is 9.87. The van der Waals surface area contributed by atoms with Crippen molar-refractivity contribution in [3.05, 3.63) is 59.2 Å². The number of benzene rings is 2. The van der Waals surface area contributed by atoms with Gasteiger partial charge >= 0.3 is 0 Å². The average molecular weight is 387 g/mol. The van der Waals surface area contributed by atoms with Gasteiger partial charge in [0, 0.05) is 31.9 Å². The Morgan fingerprint density at radius 1 is 0.815 bits per heavy atom. The van der Waals surface area contributed by atoms with E-state index in [4.69, 9.17) is 0 Å². The van der Waals surface area contributed by atoms with Gasteiger partial charge in [0.25, 0.3) is 0 Å². The molecule has 2 aromatic carbocycles. The molecule has 0 amide bonds. The Labute approximate surface area is 163 Å². The van der Waals surface area contributed by atoms with Crippen molar-refractivity contribution in [1.82, 2.24) is 4.31 Å². The quantitative estimate of drug-likeness (QED) is 0.797. The van der Waals surface area contributed by atoms with Crippen LogP contribution in [0.1, 0.15) is 37.5 Å². The number of rotatable bonds is 3. The highest BCUT2D eigenvalue weighted by atomic mass is 32.2. The zero-order chi connectivity index (χ0) is 19.8. The molecule has 2 aromatic rings. The normalized spacial score (nSPS) is 16.6. The van der Waals surface area contributed by atoms with Gasteiger partial charge < -0.3 is 4.90 Å². The molecule has 0 saturated carbocycles. The highest BCUT2D eigenvalue weighted by Gasteiger charge is 2.29. The fourth-order valence-corrected chi connectivity index (χ4v) is 4.81. The Bertz CT molecular complexity index is 904. The smallest absolute Gasteiger partial charge is 0.243 e. The zero-order valence-corrected chi connectivity index (χ0v) is 17.8. The summed E-state index contributed by atoms with van der Waals surface area (Å²) in [6.45, 7) is 13.0. The first kappa shape index (κ1) is 19.9. The molecular formula is C22H30N2O2S. The van der Waals surface area contributed by atoms with Crippen LogP contribution in [0.2, 0.25) is 0 Å². The number of nitrogens with zero attached hydrogens (tertiary/aromatic N) is 2. The van der Waals surface area contributed by atoms with E-state index in [0.717, 1.165) is 5.56 Å². The second kappa shape index (κ2) is 7.28. The number of anilines is 1. The lowest BCUT2D eigenvalue weighted by Crippen LogP contribution is -2.48. The number of hydrogen-bond donors (Lipinski definition) is 0. The third-order valence-electron chi connectivity index (χ3n) is 5.45. The summed E-state index contributed by atoms with van der Waals surface area (Å²) in [4.78, 5) is 2.65. The number of sulfonamides is 1. The third-order valence-corrected chi connectivity index (χ3v) is 7.37. The number of aryl methyl sites for hydroxylation is 2. The maximum absolute atomic E-state index is 13.0. The Morgan fingerprint density at radius 2 is 1.41 bits per heavy atom. The topological polar surface area (TPSA) is 40.6 Å². The lowest BCUT2D eigenvalue weighted by Gasteiger charge is -2.35. The molecule has 1 heterocycles. The molecule has 0 N–H and O–H groups in total. The van der Waals surface area contributed by atoms with Crippen molar-refractivity contribution >= 4 is 15.7 Å². The van der Waals surface area contributed by atoms with Gasteiger partial charge in [-0.25, -0.2) is 8.42 Å². The Balaban J connectivity index is 1.71. The maximum Gasteiger partial charge on any atom is 0.243 e. The van der Waals surface area contributed by atoms with Crippen molar-refractivity contribution < 1.29 is 8.42 Å². The average Bonchev–Trinajstić information content (AvgIpc) is 2.63. The van der Waals surface area contributed by atoms with E-state index in [2.05, 4.69) is 57.7 Å². The van der Waals surface area contributed by atoms with E-state index in [1.807, 2.05) is 12.1 Å². The van der Waals surface area contributed by atoms with Gasteiger partial charge in [0.15, 0.2) is 0 Å². The summed E-state index contributed by atoms with van der Waals surface area (Å²) in [5, 5.41) is 0. The fraction of sp³-hybridized carbons (Fsp3) is 0.455. The summed E-state index contributed by atoms with van der Waals surface area (Å²) in [5.74, 6) is 0. The summed E-state index contributed by atoms with van der Waals surface area (Å²) in [6.07, 6.45) is 0. The standard InChI is InChI=1S/C22H30N2O2S/c1-17-6-9-20(16-18(17)2)23-12-14-24(15-13-23)27(25,26)21-10-7-19(8-11-21)22(3,4)5/h6-11,16H,12-15H2,1-5H3. The molecular weight excluding hydrogens is 356 g/mol. The summed E-state index contributed by atoms with van der Waals surface area (Å²) in [7, 11) is -3.44. The monoisotopic (exact) mass is 386 g/mol. The van der Waals surface area contributed by atoms with Crippen molar-refractivity contribution in [1.29, 1.82) is 0 Å². The van der Waals surface area contributed by atoms with E-state index in [9.17, 15) is 8.42 Å². The van der Waals surface area contributed by atoms with Gasteiger partial charge in [-0.3, -0.25) is 0 Å². The summed E-state index contributed by atoms with van der Waals surface area (Å²) in [5.41, 5.74) is 4.87. The van der Waals surface area contributed by atoms with Crippen LogP contribution in [0.4, 0.5) is 5.69 Å². The molecule has 3 rings (SSSR count). The van der Waals surface area contributed by atoms with Crippen molar-refractivity contribution in [3.8, 4) is 0 Å². The van der Waals surface area contributed by atoms with E-state index < -0.39 is 10.0 Å². The third kappa shape index (κ3) is 4.19. The van der Waals surface area contributed by atoms with Crippen LogP contribution in [0.3, 0.4) is 0 Å². The van der Waals surface area contributed by atoms with Gasteiger partial charge in [-0.1, -0.05) is 39.0 Å². The molecule has 146 valence electrons. The minimum absolute atomic E-state index is 0.0140. The summed E-state index contributed by atoms with van der Waals surface area (Å²) < 4.78 is 27.6. The lowest BCUT2D eigenvalue weighted by molar-refractivity contribution is 0.385. The summed E-state index contributed by atoms with van der Waals surface area (Å²) in [6, 6.07) is 13.8. The molecule has 0 unspecified atom stereocenters. The first-order valence-corrected chi connectivity index (χ1v) is 11.0. The van der Waals surface area contributed by atoms with Crippen LogP contribution in [0, 0.1) is 13.8 Å². The molecule has 1 aliphatic rings. The van der Waals surface area contributed by atoms with Gasteiger partial charge in [0.1, 0.15) is 0 Å². The first-order valence-electron chi connectivity index (χ1n) is 9.52. The van der Waals surface area contributed by atoms with E-state index in [1.54, 1.807) is 16.4 Å². The molecule has 27 heavy (non-hydrogen) atoms. The van der Waals surface area contributed by atoms with Crippen molar-refractivity contribution in [2.24, 2.45) is 0 Å². The van der Waals surface area contributed by atoms with Crippen LogP contribution in [0.15, 0.2) is 47.4 Å². The molecule has 1 aliphatic heterocycles. The molecule has 1 fully saturated rings. The van der Waals surface area contributed by atoms with Crippen LogP contribution in [-0.4, -0.2) is 38.9 Å². The number of hydrogen-bond acceptors (Lipinski definition) is 3. The van der Waals surface area contributed by atoms with Gasteiger partial charge in [0.2, 0.25) is 10.0 Å². The molecule has 1 saturated heterocycles. The molecule has 4 nitrogen and oxygen atoms in total. The summed E-state index contributed by atoms with van der Waals surface area (Å²) >= 11 is 0. The molecule has 5 heteroatoms. The SMILES string of the molecule is Cc1ccc(N2CCN(S(=O)(=O)c3ccc(C(C)(C)C)cc3)CC2)cc1C. The molecule has 0 bridgehead atoms. The maximum atomic E-state index is 13.0. The predicted octanol–water partition coefficient (Wildman–Crippen LogP) is 4.11. The van der Waals surface area contributed by atoms with E-state index in [-0.39, 0.29) is 5.41 Å². The highest BCUT2D eigenvalue weighted by Crippen LogP contribution is 2.26. The van der Waals surface area contributed by atoms with Crippen molar-refractivity contribution in [3.63, 3.8) is 0 Å². The van der Waals surface area contributed by atoms with E-state index in [0.29, 0.717) is 31.1 Å². The predicted molar refractivity (Wildman–Crippen MR) is 112 cm³/mol. The minimum atomic E-state index is -3.44.